The molecule has 2 atom stereocenters. The van der Waals surface area contributed by atoms with Crippen molar-refractivity contribution in [3.05, 3.63) is 29.9 Å². The van der Waals surface area contributed by atoms with Crippen LogP contribution in [0.3, 0.4) is 0 Å². The van der Waals surface area contributed by atoms with E-state index in [0.717, 1.165) is 6.42 Å². The molecule has 2 unspecified atom stereocenters. The minimum atomic E-state index is 0.199. The Labute approximate surface area is 87.2 Å². The van der Waals surface area contributed by atoms with Gasteiger partial charge in [-0.05, 0) is 26.2 Å². The van der Waals surface area contributed by atoms with Crippen LogP contribution in [-0.4, -0.2) is 5.94 Å². The molecule has 0 N–H and O–H groups in total. The predicted molar refractivity (Wildman–Crippen MR) is 61.8 cm³/mol. The van der Waals surface area contributed by atoms with Crippen LogP contribution in [0.5, 0.6) is 0 Å². The van der Waals surface area contributed by atoms with Gasteiger partial charge in [0.25, 0.3) is 0 Å². The summed E-state index contributed by atoms with van der Waals surface area (Å²) in [5.74, 6) is 2.59. The van der Waals surface area contributed by atoms with Crippen LogP contribution in [0.15, 0.2) is 29.9 Å². The van der Waals surface area contributed by atoms with E-state index in [1.807, 2.05) is 19.8 Å². The van der Waals surface area contributed by atoms with Crippen molar-refractivity contribution in [3.8, 4) is 0 Å². The standard InChI is InChI=1S/C13H20O/c1-5-6-11(2)9-13(4)10-12(3)7-8-14/h5-7,10-12H,9H2,1-4H3. The normalized spacial score (nSPS) is 16.4. The molecule has 0 fully saturated rings. The van der Waals surface area contributed by atoms with Crippen molar-refractivity contribution in [2.24, 2.45) is 11.8 Å². The molecule has 0 saturated carbocycles. The fraction of sp³-hybridized carbons (Fsp3) is 0.538. The van der Waals surface area contributed by atoms with Crippen LogP contribution < -0.4 is 0 Å². The molecule has 1 nitrogen and oxygen atoms in total. The maximum Gasteiger partial charge on any atom is 0.120 e. The van der Waals surface area contributed by atoms with Crippen LogP contribution >= 0.6 is 0 Å². The molecule has 0 aliphatic rings. The molecule has 0 aromatic rings. The Bertz CT molecular complexity index is 254. The van der Waals surface area contributed by atoms with E-state index in [9.17, 15) is 4.79 Å². The van der Waals surface area contributed by atoms with Crippen molar-refractivity contribution in [3.63, 3.8) is 0 Å². The second-order valence-electron chi connectivity index (χ2n) is 3.86. The van der Waals surface area contributed by atoms with E-state index in [0.29, 0.717) is 5.92 Å². The van der Waals surface area contributed by atoms with Crippen molar-refractivity contribution in [1.82, 2.24) is 0 Å². The van der Waals surface area contributed by atoms with E-state index in [1.54, 1.807) is 6.08 Å². The number of carbonyl (C=O) groups excluding carboxylic acids is 1. The summed E-state index contributed by atoms with van der Waals surface area (Å²) < 4.78 is 0. The lowest BCUT2D eigenvalue weighted by molar-refractivity contribution is 0.567. The van der Waals surface area contributed by atoms with Crippen LogP contribution in [0.2, 0.25) is 0 Å². The van der Waals surface area contributed by atoms with Crippen LogP contribution in [0.25, 0.3) is 0 Å². The van der Waals surface area contributed by atoms with Gasteiger partial charge < -0.3 is 0 Å². The van der Waals surface area contributed by atoms with Gasteiger partial charge in [0, 0.05) is 12.0 Å². The van der Waals surface area contributed by atoms with Crippen LogP contribution in [-0.2, 0) is 4.79 Å². The Morgan fingerprint density at radius 3 is 2.57 bits per heavy atom. The average Bonchev–Trinajstić information content (AvgIpc) is 2.03. The Kier molecular flexibility index (Phi) is 6.78. The van der Waals surface area contributed by atoms with Gasteiger partial charge in [-0.2, -0.15) is 0 Å². The molecule has 0 spiro atoms. The fourth-order valence-corrected chi connectivity index (χ4v) is 1.58. The number of hydrogen-bond acceptors (Lipinski definition) is 1. The summed E-state index contributed by atoms with van der Waals surface area (Å²) in [6.07, 6.45) is 8.99. The summed E-state index contributed by atoms with van der Waals surface area (Å²) in [6.45, 7) is 8.33. The van der Waals surface area contributed by atoms with Crippen LogP contribution in [0, 0.1) is 11.8 Å². The second-order valence-corrected chi connectivity index (χ2v) is 3.86. The third-order valence-corrected chi connectivity index (χ3v) is 2.04. The summed E-state index contributed by atoms with van der Waals surface area (Å²) >= 11 is 0. The lowest BCUT2D eigenvalue weighted by Crippen LogP contribution is -1.93. The van der Waals surface area contributed by atoms with Crippen molar-refractivity contribution in [1.29, 1.82) is 0 Å². The highest BCUT2D eigenvalue weighted by molar-refractivity contribution is 5.46. The molecule has 0 aromatic carbocycles. The maximum absolute atomic E-state index is 10.1. The highest BCUT2D eigenvalue weighted by atomic mass is 16.1. The summed E-state index contributed by atoms with van der Waals surface area (Å²) in [5, 5.41) is 0. The van der Waals surface area contributed by atoms with Gasteiger partial charge in [-0.3, -0.25) is 0 Å². The van der Waals surface area contributed by atoms with E-state index >= 15 is 0 Å². The van der Waals surface area contributed by atoms with Crippen molar-refractivity contribution < 1.29 is 4.79 Å². The van der Waals surface area contributed by atoms with Gasteiger partial charge in [-0.1, -0.05) is 37.6 Å². The molecule has 1 heteroatoms. The molecule has 0 amide bonds. The zero-order valence-corrected chi connectivity index (χ0v) is 9.58. The first kappa shape index (κ1) is 12.9. The van der Waals surface area contributed by atoms with E-state index in [4.69, 9.17) is 0 Å². The second kappa shape index (κ2) is 7.34. The van der Waals surface area contributed by atoms with Gasteiger partial charge in [0.2, 0.25) is 0 Å². The lowest BCUT2D eigenvalue weighted by Gasteiger charge is -2.07. The summed E-state index contributed by atoms with van der Waals surface area (Å²) in [7, 11) is 0. The zero-order chi connectivity index (χ0) is 11.0. The molecule has 0 bridgehead atoms. The fourth-order valence-electron chi connectivity index (χ4n) is 1.58. The molecule has 0 aliphatic heterocycles. The molecule has 0 aromatic heterocycles. The smallest absolute Gasteiger partial charge is 0.120 e. The Balaban J connectivity index is 4.18. The molecule has 0 heterocycles. The molecular weight excluding hydrogens is 172 g/mol. The largest absolute Gasteiger partial charge is 0.234 e. The third kappa shape index (κ3) is 6.45. The SMILES string of the molecule is CC=CC(C)CC(C)=CC(C)C=C=O. The molecule has 0 rings (SSSR count). The van der Waals surface area contributed by atoms with Crippen LogP contribution in [0.4, 0.5) is 0 Å². The Hall–Kier alpha value is -1.07. The highest BCUT2D eigenvalue weighted by Crippen LogP contribution is 2.14. The predicted octanol–water partition coefficient (Wildman–Crippen LogP) is 3.56. The molecular formula is C13H20O. The zero-order valence-electron chi connectivity index (χ0n) is 9.58. The monoisotopic (exact) mass is 192 g/mol. The van der Waals surface area contributed by atoms with E-state index in [-0.39, 0.29) is 5.92 Å². The first-order valence-corrected chi connectivity index (χ1v) is 5.11. The minimum Gasteiger partial charge on any atom is -0.234 e. The van der Waals surface area contributed by atoms with E-state index < -0.39 is 0 Å². The van der Waals surface area contributed by atoms with Gasteiger partial charge in [0.1, 0.15) is 5.94 Å². The molecule has 0 aliphatic carbocycles. The topological polar surface area (TPSA) is 17.1 Å². The average molecular weight is 192 g/mol. The van der Waals surface area contributed by atoms with E-state index in [1.165, 1.54) is 5.57 Å². The van der Waals surface area contributed by atoms with Gasteiger partial charge in [0.15, 0.2) is 0 Å². The van der Waals surface area contributed by atoms with Gasteiger partial charge in [0.05, 0.1) is 0 Å². The first-order chi connectivity index (χ1) is 6.60. The molecule has 14 heavy (non-hydrogen) atoms. The Morgan fingerprint density at radius 2 is 2.07 bits per heavy atom. The van der Waals surface area contributed by atoms with E-state index in [2.05, 4.69) is 32.1 Å². The van der Waals surface area contributed by atoms with Gasteiger partial charge in [-0.15, -0.1) is 0 Å². The quantitative estimate of drug-likeness (QED) is 0.481. The van der Waals surface area contributed by atoms with Crippen molar-refractivity contribution >= 4 is 5.94 Å². The summed E-state index contributed by atoms with van der Waals surface area (Å²) in [5.41, 5.74) is 1.33. The van der Waals surface area contributed by atoms with Crippen molar-refractivity contribution in [2.75, 3.05) is 0 Å². The maximum atomic E-state index is 10.1. The number of allylic oxidation sites excluding steroid dienone is 5. The number of rotatable bonds is 5. The molecule has 0 saturated heterocycles. The van der Waals surface area contributed by atoms with Gasteiger partial charge >= 0.3 is 0 Å². The van der Waals surface area contributed by atoms with Crippen LogP contribution in [0.1, 0.15) is 34.1 Å². The summed E-state index contributed by atoms with van der Waals surface area (Å²) in [6, 6.07) is 0. The number of hydrogen-bond donors (Lipinski definition) is 0. The summed E-state index contributed by atoms with van der Waals surface area (Å²) in [4.78, 5) is 10.1. The lowest BCUT2D eigenvalue weighted by atomic mass is 9.99. The highest BCUT2D eigenvalue weighted by Gasteiger charge is 1.99. The van der Waals surface area contributed by atoms with Gasteiger partial charge in [-0.25, -0.2) is 4.79 Å². The molecule has 78 valence electrons. The Morgan fingerprint density at radius 1 is 1.43 bits per heavy atom. The van der Waals surface area contributed by atoms with Crippen molar-refractivity contribution in [2.45, 2.75) is 34.1 Å². The minimum absolute atomic E-state index is 0.199. The third-order valence-electron chi connectivity index (χ3n) is 2.04. The molecule has 0 radical (unpaired) electrons. The first-order valence-electron chi connectivity index (χ1n) is 5.11.